The number of alkyl halides is 1. The molecule has 0 aliphatic rings. The van der Waals surface area contributed by atoms with Gasteiger partial charge in [0.2, 0.25) is 0 Å². The Hall–Kier alpha value is -0.570. The second-order valence-electron chi connectivity index (χ2n) is 4.16. The summed E-state index contributed by atoms with van der Waals surface area (Å²) in [4.78, 5) is 4.50. The lowest BCUT2D eigenvalue weighted by Crippen LogP contribution is -1.98. The zero-order chi connectivity index (χ0) is 13.1. The summed E-state index contributed by atoms with van der Waals surface area (Å²) in [5, 5.41) is 1.41. The Bertz CT molecular complexity index is 540. The normalized spacial score (nSPS) is 12.4. The van der Waals surface area contributed by atoms with Crippen molar-refractivity contribution in [1.82, 2.24) is 4.98 Å². The molecule has 0 N–H and O–H groups in total. The van der Waals surface area contributed by atoms with Crippen LogP contribution >= 0.6 is 39.1 Å². The largest absolute Gasteiger partial charge is 0.261 e. The molecule has 0 bridgehead atoms. The Morgan fingerprint density at radius 3 is 2.67 bits per heavy atom. The minimum atomic E-state index is 0.110. The topological polar surface area (TPSA) is 12.9 Å². The number of aromatic nitrogens is 1. The Kier molecular flexibility index (Phi) is 4.66. The number of nitrogens with zero attached hydrogens (tertiary/aromatic N) is 1. The van der Waals surface area contributed by atoms with Crippen LogP contribution in [0, 0.1) is 6.92 Å². The maximum absolute atomic E-state index is 6.17. The zero-order valence-electron chi connectivity index (χ0n) is 9.83. The summed E-state index contributed by atoms with van der Waals surface area (Å²) in [6.45, 7) is 2.02. The van der Waals surface area contributed by atoms with Gasteiger partial charge >= 0.3 is 0 Å². The molecule has 94 valence electrons. The number of hydrogen-bond acceptors (Lipinski definition) is 1. The maximum atomic E-state index is 6.17. The van der Waals surface area contributed by atoms with E-state index in [1.807, 2.05) is 31.3 Å². The second-order valence-corrected chi connectivity index (χ2v) is 6.11. The highest BCUT2D eigenvalue weighted by Crippen LogP contribution is 2.33. The molecule has 18 heavy (non-hydrogen) atoms. The third kappa shape index (κ3) is 3.47. The van der Waals surface area contributed by atoms with Gasteiger partial charge < -0.3 is 0 Å². The molecule has 0 radical (unpaired) electrons. The van der Waals surface area contributed by atoms with E-state index >= 15 is 0 Å². The van der Waals surface area contributed by atoms with E-state index < -0.39 is 0 Å². The van der Waals surface area contributed by atoms with Gasteiger partial charge in [-0.05, 0) is 42.3 Å². The minimum absolute atomic E-state index is 0.110. The molecule has 0 amide bonds. The van der Waals surface area contributed by atoms with E-state index in [0.29, 0.717) is 10.0 Å². The van der Waals surface area contributed by atoms with Crippen LogP contribution in [0.25, 0.3) is 0 Å². The van der Waals surface area contributed by atoms with E-state index in [-0.39, 0.29) is 4.83 Å². The first-order chi connectivity index (χ1) is 8.56. The summed E-state index contributed by atoms with van der Waals surface area (Å²) in [5.41, 5.74) is 3.18. The highest BCUT2D eigenvalue weighted by atomic mass is 79.9. The number of hydrogen-bond donors (Lipinski definition) is 0. The van der Waals surface area contributed by atoms with E-state index in [1.54, 1.807) is 6.07 Å². The van der Waals surface area contributed by atoms with Crippen molar-refractivity contribution in [2.75, 3.05) is 0 Å². The zero-order valence-corrected chi connectivity index (χ0v) is 12.9. The lowest BCUT2D eigenvalue weighted by molar-refractivity contribution is 0.902. The first-order valence-electron chi connectivity index (χ1n) is 5.57. The van der Waals surface area contributed by atoms with Gasteiger partial charge in [-0.2, -0.15) is 0 Å². The number of benzene rings is 1. The molecule has 0 fully saturated rings. The van der Waals surface area contributed by atoms with E-state index in [9.17, 15) is 0 Å². The predicted molar refractivity (Wildman–Crippen MR) is 80.8 cm³/mol. The van der Waals surface area contributed by atoms with Crippen molar-refractivity contribution in [3.05, 3.63) is 63.4 Å². The van der Waals surface area contributed by atoms with Gasteiger partial charge in [0.05, 0.1) is 0 Å². The average Bonchev–Trinajstić information content (AvgIpc) is 2.35. The smallest absolute Gasteiger partial charge is 0.0465 e. The number of pyridine rings is 1. The summed E-state index contributed by atoms with van der Waals surface area (Å²) < 4.78 is 0. The van der Waals surface area contributed by atoms with E-state index in [4.69, 9.17) is 23.2 Å². The highest BCUT2D eigenvalue weighted by molar-refractivity contribution is 9.09. The van der Waals surface area contributed by atoms with Gasteiger partial charge in [-0.1, -0.05) is 45.2 Å². The maximum Gasteiger partial charge on any atom is 0.0465 e. The van der Waals surface area contributed by atoms with Crippen LogP contribution in [0.3, 0.4) is 0 Å². The fraction of sp³-hybridized carbons (Fsp3) is 0.214. The molecular formula is C14H12BrCl2N. The summed E-state index contributed by atoms with van der Waals surface area (Å²) in [7, 11) is 0. The van der Waals surface area contributed by atoms with Crippen molar-refractivity contribution in [2.45, 2.75) is 18.2 Å². The second kappa shape index (κ2) is 6.05. The lowest BCUT2D eigenvalue weighted by atomic mass is 10.1. The Labute approximate surface area is 125 Å². The van der Waals surface area contributed by atoms with E-state index in [1.165, 1.54) is 0 Å². The molecule has 1 aromatic heterocycles. The highest BCUT2D eigenvalue weighted by Gasteiger charge is 2.13. The van der Waals surface area contributed by atoms with Crippen LogP contribution in [0.2, 0.25) is 10.0 Å². The predicted octanol–water partition coefficient (Wildman–Crippen LogP) is 5.38. The molecule has 0 aliphatic carbocycles. The van der Waals surface area contributed by atoms with Gasteiger partial charge in [-0.3, -0.25) is 4.98 Å². The molecule has 1 unspecified atom stereocenters. The van der Waals surface area contributed by atoms with Crippen molar-refractivity contribution < 1.29 is 0 Å². The summed E-state index contributed by atoms with van der Waals surface area (Å²) in [5.74, 6) is 0. The molecule has 0 spiro atoms. The molecule has 0 saturated carbocycles. The Morgan fingerprint density at radius 2 is 2.00 bits per heavy atom. The van der Waals surface area contributed by atoms with Crippen LogP contribution in [0.5, 0.6) is 0 Å². The van der Waals surface area contributed by atoms with Crippen LogP contribution in [-0.4, -0.2) is 4.98 Å². The van der Waals surface area contributed by atoms with Crippen molar-refractivity contribution in [1.29, 1.82) is 0 Å². The first kappa shape index (κ1) is 13.9. The van der Waals surface area contributed by atoms with E-state index in [0.717, 1.165) is 23.2 Å². The van der Waals surface area contributed by atoms with Crippen molar-refractivity contribution >= 4 is 39.1 Å². The molecule has 1 nitrogen and oxygen atoms in total. The molecule has 2 rings (SSSR count). The molecule has 1 heterocycles. The van der Waals surface area contributed by atoms with Gasteiger partial charge in [0.25, 0.3) is 0 Å². The Morgan fingerprint density at radius 1 is 1.22 bits per heavy atom. The van der Waals surface area contributed by atoms with Crippen LogP contribution in [0.4, 0.5) is 0 Å². The number of halogens is 3. The first-order valence-corrected chi connectivity index (χ1v) is 7.24. The van der Waals surface area contributed by atoms with Crippen LogP contribution in [0.15, 0.2) is 36.5 Å². The molecule has 0 aliphatic heterocycles. The van der Waals surface area contributed by atoms with E-state index in [2.05, 4.69) is 27.0 Å². The standard InChI is InChI=1S/C14H12BrCl2N/c1-9-2-4-11(18-8-9)7-13(15)12-6-10(16)3-5-14(12)17/h2-6,8,13H,7H2,1H3. The van der Waals surface area contributed by atoms with Gasteiger partial charge in [-0.25, -0.2) is 0 Å². The fourth-order valence-electron chi connectivity index (χ4n) is 1.67. The monoisotopic (exact) mass is 343 g/mol. The van der Waals surface area contributed by atoms with Gasteiger partial charge in [0.15, 0.2) is 0 Å². The summed E-state index contributed by atoms with van der Waals surface area (Å²) in [6, 6.07) is 9.58. The SMILES string of the molecule is Cc1ccc(CC(Br)c2cc(Cl)ccc2Cl)nc1. The molecular weight excluding hydrogens is 333 g/mol. The summed E-state index contributed by atoms with van der Waals surface area (Å²) in [6.07, 6.45) is 2.65. The van der Waals surface area contributed by atoms with Crippen LogP contribution in [0.1, 0.15) is 21.6 Å². The number of aryl methyl sites for hydroxylation is 1. The van der Waals surface area contributed by atoms with Gasteiger partial charge in [-0.15, -0.1) is 0 Å². The number of rotatable bonds is 3. The van der Waals surface area contributed by atoms with Crippen molar-refractivity contribution in [3.63, 3.8) is 0 Å². The molecule has 1 aromatic carbocycles. The quantitative estimate of drug-likeness (QED) is 0.681. The Balaban J connectivity index is 2.18. The van der Waals surface area contributed by atoms with Crippen LogP contribution < -0.4 is 0 Å². The lowest BCUT2D eigenvalue weighted by Gasteiger charge is -2.12. The minimum Gasteiger partial charge on any atom is -0.261 e. The molecule has 0 saturated heterocycles. The average molecular weight is 345 g/mol. The van der Waals surface area contributed by atoms with Gasteiger partial charge in [0.1, 0.15) is 0 Å². The fourth-order valence-corrected chi connectivity index (χ4v) is 2.94. The third-order valence-corrected chi connectivity index (χ3v) is 4.05. The van der Waals surface area contributed by atoms with Gasteiger partial charge in [0, 0.05) is 33.2 Å². The van der Waals surface area contributed by atoms with Crippen LogP contribution in [-0.2, 0) is 6.42 Å². The molecule has 2 aromatic rings. The summed E-state index contributed by atoms with van der Waals surface area (Å²) >= 11 is 15.8. The molecule has 4 heteroatoms. The van der Waals surface area contributed by atoms with Crippen molar-refractivity contribution in [3.8, 4) is 0 Å². The third-order valence-electron chi connectivity index (χ3n) is 2.66. The van der Waals surface area contributed by atoms with Crippen molar-refractivity contribution in [2.24, 2.45) is 0 Å². The molecule has 1 atom stereocenters.